The van der Waals surface area contributed by atoms with Gasteiger partial charge in [0.15, 0.2) is 0 Å². The highest BCUT2D eigenvalue weighted by atomic mass is 19.1. The van der Waals surface area contributed by atoms with E-state index in [4.69, 9.17) is 9.47 Å². The standard InChI is InChI=1S/C20H24FN3O2/c1-23-12-13-25-20(15-23)8-10-24(11-9-20)18-6-3-7-19(22-18)26-17-5-2-4-16(21)14-17/h2-7,14H,8-13,15H2,1H3. The van der Waals surface area contributed by atoms with Crippen molar-refractivity contribution in [3.63, 3.8) is 0 Å². The van der Waals surface area contributed by atoms with Gasteiger partial charge in [0.25, 0.3) is 0 Å². The molecule has 2 aromatic rings. The molecule has 0 unspecified atom stereocenters. The number of anilines is 1. The molecule has 4 rings (SSSR count). The summed E-state index contributed by atoms with van der Waals surface area (Å²) in [6.07, 6.45) is 1.99. The molecule has 0 bridgehead atoms. The second-order valence-electron chi connectivity index (χ2n) is 7.15. The summed E-state index contributed by atoms with van der Waals surface area (Å²) in [5.41, 5.74) is -0.0147. The largest absolute Gasteiger partial charge is 0.439 e. The van der Waals surface area contributed by atoms with Gasteiger partial charge in [-0.1, -0.05) is 12.1 Å². The van der Waals surface area contributed by atoms with Crippen LogP contribution in [0.2, 0.25) is 0 Å². The molecule has 5 nitrogen and oxygen atoms in total. The Balaban J connectivity index is 1.43. The van der Waals surface area contributed by atoms with Crippen LogP contribution in [-0.4, -0.2) is 55.3 Å². The van der Waals surface area contributed by atoms with Crippen LogP contribution in [0.4, 0.5) is 10.2 Å². The van der Waals surface area contributed by atoms with Crippen molar-refractivity contribution in [2.24, 2.45) is 0 Å². The summed E-state index contributed by atoms with van der Waals surface area (Å²) >= 11 is 0. The fourth-order valence-electron chi connectivity index (χ4n) is 3.77. The van der Waals surface area contributed by atoms with Crippen LogP contribution in [-0.2, 0) is 4.74 Å². The number of aromatic nitrogens is 1. The zero-order valence-electron chi connectivity index (χ0n) is 15.0. The number of morpholine rings is 1. The Morgan fingerprint density at radius 3 is 2.69 bits per heavy atom. The molecule has 0 aliphatic carbocycles. The maximum absolute atomic E-state index is 13.3. The van der Waals surface area contributed by atoms with Crippen molar-refractivity contribution in [1.29, 1.82) is 0 Å². The highest BCUT2D eigenvalue weighted by molar-refractivity contribution is 5.42. The first-order chi connectivity index (χ1) is 12.6. The first-order valence-electron chi connectivity index (χ1n) is 9.10. The van der Waals surface area contributed by atoms with Gasteiger partial charge in [0.1, 0.15) is 17.4 Å². The lowest BCUT2D eigenvalue weighted by molar-refractivity contribution is -0.115. The average Bonchev–Trinajstić information content (AvgIpc) is 2.62. The maximum atomic E-state index is 13.3. The van der Waals surface area contributed by atoms with E-state index in [1.54, 1.807) is 18.2 Å². The normalized spacial score (nSPS) is 20.3. The number of benzene rings is 1. The van der Waals surface area contributed by atoms with Crippen molar-refractivity contribution in [2.75, 3.05) is 44.7 Å². The number of rotatable bonds is 3. The van der Waals surface area contributed by atoms with E-state index in [0.717, 1.165) is 51.4 Å². The van der Waals surface area contributed by atoms with Crippen LogP contribution in [0.5, 0.6) is 11.6 Å². The lowest BCUT2D eigenvalue weighted by Gasteiger charge is -2.46. The molecule has 0 N–H and O–H groups in total. The molecule has 26 heavy (non-hydrogen) atoms. The molecule has 138 valence electrons. The molecular formula is C20H24FN3O2. The molecule has 2 aliphatic heterocycles. The molecule has 0 radical (unpaired) electrons. The molecule has 1 spiro atoms. The van der Waals surface area contributed by atoms with E-state index < -0.39 is 0 Å². The van der Waals surface area contributed by atoms with Crippen molar-refractivity contribution in [3.05, 3.63) is 48.3 Å². The lowest BCUT2D eigenvalue weighted by atomic mass is 9.89. The Bertz CT molecular complexity index is 762. The Labute approximate surface area is 153 Å². The molecule has 0 saturated carbocycles. The van der Waals surface area contributed by atoms with Gasteiger partial charge in [0, 0.05) is 38.3 Å². The quantitative estimate of drug-likeness (QED) is 0.843. The van der Waals surface area contributed by atoms with Crippen LogP contribution in [0.3, 0.4) is 0 Å². The number of halogens is 1. The first kappa shape index (κ1) is 17.2. The van der Waals surface area contributed by atoms with E-state index in [1.165, 1.54) is 12.1 Å². The number of piperidine rings is 1. The topological polar surface area (TPSA) is 37.8 Å². The summed E-state index contributed by atoms with van der Waals surface area (Å²) in [5.74, 6) is 1.49. The van der Waals surface area contributed by atoms with Gasteiger partial charge in [0.05, 0.1) is 12.2 Å². The highest BCUT2D eigenvalue weighted by Gasteiger charge is 2.39. The van der Waals surface area contributed by atoms with Crippen molar-refractivity contribution in [1.82, 2.24) is 9.88 Å². The molecule has 2 saturated heterocycles. The SMILES string of the molecule is CN1CCOC2(CCN(c3cccc(Oc4cccc(F)c4)n3)CC2)C1. The smallest absolute Gasteiger partial charge is 0.221 e. The number of nitrogens with zero attached hydrogens (tertiary/aromatic N) is 3. The van der Waals surface area contributed by atoms with Crippen LogP contribution in [0.15, 0.2) is 42.5 Å². The van der Waals surface area contributed by atoms with Crippen LogP contribution in [0.1, 0.15) is 12.8 Å². The minimum absolute atomic E-state index is 0.0147. The second kappa shape index (κ2) is 7.21. The van der Waals surface area contributed by atoms with Gasteiger partial charge in [-0.05, 0) is 38.1 Å². The highest BCUT2D eigenvalue weighted by Crippen LogP contribution is 2.32. The van der Waals surface area contributed by atoms with Crippen molar-refractivity contribution >= 4 is 5.82 Å². The van der Waals surface area contributed by atoms with Gasteiger partial charge in [-0.2, -0.15) is 4.98 Å². The molecule has 2 fully saturated rings. The Morgan fingerprint density at radius 2 is 1.92 bits per heavy atom. The zero-order chi connectivity index (χ0) is 18.0. The Kier molecular flexibility index (Phi) is 4.78. The zero-order valence-corrected chi connectivity index (χ0v) is 15.0. The molecule has 3 heterocycles. The summed E-state index contributed by atoms with van der Waals surface area (Å²) < 4.78 is 25.1. The Morgan fingerprint density at radius 1 is 1.12 bits per heavy atom. The summed E-state index contributed by atoms with van der Waals surface area (Å²) in [6, 6.07) is 11.8. The summed E-state index contributed by atoms with van der Waals surface area (Å²) in [4.78, 5) is 9.22. The van der Waals surface area contributed by atoms with Crippen LogP contribution < -0.4 is 9.64 Å². The molecule has 6 heteroatoms. The monoisotopic (exact) mass is 357 g/mol. The van der Waals surface area contributed by atoms with Gasteiger partial charge in [-0.25, -0.2) is 4.39 Å². The third-order valence-corrected chi connectivity index (χ3v) is 5.17. The minimum atomic E-state index is -0.322. The van der Waals surface area contributed by atoms with E-state index >= 15 is 0 Å². The number of ether oxygens (including phenoxy) is 2. The lowest BCUT2D eigenvalue weighted by Crippen LogP contribution is -2.56. The maximum Gasteiger partial charge on any atom is 0.221 e. The summed E-state index contributed by atoms with van der Waals surface area (Å²) in [5, 5.41) is 0. The minimum Gasteiger partial charge on any atom is -0.439 e. The molecular weight excluding hydrogens is 333 g/mol. The molecule has 2 aliphatic rings. The van der Waals surface area contributed by atoms with Gasteiger partial charge in [-0.3, -0.25) is 0 Å². The van der Waals surface area contributed by atoms with Crippen LogP contribution in [0.25, 0.3) is 0 Å². The molecule has 0 atom stereocenters. The van der Waals surface area contributed by atoms with Gasteiger partial charge in [-0.15, -0.1) is 0 Å². The predicted molar refractivity (Wildman–Crippen MR) is 98.3 cm³/mol. The predicted octanol–water partition coefficient (Wildman–Crippen LogP) is 3.31. The first-order valence-corrected chi connectivity index (χ1v) is 9.10. The van der Waals surface area contributed by atoms with Crippen molar-refractivity contribution in [2.45, 2.75) is 18.4 Å². The summed E-state index contributed by atoms with van der Waals surface area (Å²) in [7, 11) is 2.16. The molecule has 1 aromatic carbocycles. The number of hydrogen-bond acceptors (Lipinski definition) is 5. The van der Waals surface area contributed by atoms with Gasteiger partial charge >= 0.3 is 0 Å². The summed E-state index contributed by atoms with van der Waals surface area (Å²) in [6.45, 7) is 4.63. The second-order valence-corrected chi connectivity index (χ2v) is 7.15. The van der Waals surface area contributed by atoms with Gasteiger partial charge in [0.2, 0.25) is 5.88 Å². The fourth-order valence-corrected chi connectivity index (χ4v) is 3.77. The third kappa shape index (κ3) is 3.81. The fraction of sp³-hybridized carbons (Fsp3) is 0.450. The molecule has 1 aromatic heterocycles. The van der Waals surface area contributed by atoms with Crippen molar-refractivity contribution < 1.29 is 13.9 Å². The average molecular weight is 357 g/mol. The van der Waals surface area contributed by atoms with E-state index in [-0.39, 0.29) is 11.4 Å². The third-order valence-electron chi connectivity index (χ3n) is 5.17. The number of hydrogen-bond donors (Lipinski definition) is 0. The Hall–Kier alpha value is -2.18. The van der Waals surface area contributed by atoms with E-state index in [9.17, 15) is 4.39 Å². The van der Waals surface area contributed by atoms with E-state index in [2.05, 4.69) is 21.8 Å². The van der Waals surface area contributed by atoms with E-state index in [0.29, 0.717) is 11.6 Å². The number of likely N-dealkylation sites (N-methyl/N-ethyl adjacent to an activating group) is 1. The number of pyridine rings is 1. The van der Waals surface area contributed by atoms with Crippen molar-refractivity contribution in [3.8, 4) is 11.6 Å². The molecule has 0 amide bonds. The van der Waals surface area contributed by atoms with E-state index in [1.807, 2.05) is 12.1 Å². The van der Waals surface area contributed by atoms with Crippen LogP contribution in [0, 0.1) is 5.82 Å². The van der Waals surface area contributed by atoms with Crippen LogP contribution >= 0.6 is 0 Å². The van der Waals surface area contributed by atoms with Gasteiger partial charge < -0.3 is 19.3 Å².